The van der Waals surface area contributed by atoms with Crippen LogP contribution in [0.2, 0.25) is 0 Å². The number of carbonyl (C=O) groups excluding carboxylic acids is 2. The first-order valence-corrected chi connectivity index (χ1v) is 15.6. The number of carbonyl (C=O) groups is 2. The predicted octanol–water partition coefficient (Wildman–Crippen LogP) is 5.42. The number of hydrogen-bond donors (Lipinski definition) is 4. The standard InChI is InChI=1S/C31H33N3O6S2/c35-18-21-10-12-22(13-11-21)26-16-24(19-41-31-33-25-4-1-2-5-27(25)42-31)39-30(40-26)23-14-8-20(9-15-23)17-32-28(36)6-3-7-29(37)34-38/h1-2,4-5,8-15,24,26,30,35,38H,3,6-7,16-19H2,(H,32,36)(H,34,37)/t24-,26+,30+/m1/s1. The number of thioether (sulfide) groups is 1. The Morgan fingerprint density at radius 1 is 0.929 bits per heavy atom. The molecule has 1 saturated heterocycles. The number of nitrogens with one attached hydrogen (secondary N) is 2. The van der Waals surface area contributed by atoms with Gasteiger partial charge in [0.25, 0.3) is 0 Å². The van der Waals surface area contributed by atoms with E-state index in [0.717, 1.165) is 42.6 Å². The molecule has 220 valence electrons. The fourth-order valence-electron chi connectivity index (χ4n) is 4.65. The van der Waals surface area contributed by atoms with Crippen molar-refractivity contribution in [3.8, 4) is 0 Å². The van der Waals surface area contributed by atoms with Crippen LogP contribution in [0.15, 0.2) is 77.1 Å². The molecule has 4 aromatic rings. The average Bonchev–Trinajstić information content (AvgIpc) is 3.46. The maximum atomic E-state index is 12.1. The smallest absolute Gasteiger partial charge is 0.243 e. The number of para-hydroxylation sites is 1. The third-order valence-electron chi connectivity index (χ3n) is 6.96. The molecule has 0 spiro atoms. The summed E-state index contributed by atoms with van der Waals surface area (Å²) in [4.78, 5) is 27.9. The number of aromatic nitrogens is 1. The van der Waals surface area contributed by atoms with E-state index in [-0.39, 0.29) is 37.6 Å². The van der Waals surface area contributed by atoms with E-state index in [4.69, 9.17) is 19.7 Å². The highest BCUT2D eigenvalue weighted by atomic mass is 32.2. The number of thiazole rings is 1. The van der Waals surface area contributed by atoms with Gasteiger partial charge in [0, 0.05) is 37.1 Å². The van der Waals surface area contributed by atoms with Gasteiger partial charge in [-0.25, -0.2) is 10.5 Å². The van der Waals surface area contributed by atoms with E-state index in [0.29, 0.717) is 19.4 Å². The summed E-state index contributed by atoms with van der Waals surface area (Å²) >= 11 is 3.37. The van der Waals surface area contributed by atoms with Gasteiger partial charge in [0.2, 0.25) is 11.8 Å². The van der Waals surface area contributed by atoms with Crippen LogP contribution in [0, 0.1) is 0 Å². The third-order valence-corrected chi connectivity index (χ3v) is 9.27. The molecule has 2 heterocycles. The van der Waals surface area contributed by atoms with Crippen LogP contribution in [0.25, 0.3) is 10.2 Å². The van der Waals surface area contributed by atoms with E-state index in [9.17, 15) is 14.7 Å². The summed E-state index contributed by atoms with van der Waals surface area (Å²) in [5.74, 6) is 0.0643. The fourth-order valence-corrected chi connectivity index (χ4v) is 6.76. The Kier molecular flexibility index (Phi) is 10.6. The number of benzene rings is 3. The Bertz CT molecular complexity index is 1450. The minimum absolute atomic E-state index is 0.00730. The number of amides is 2. The SMILES string of the molecule is O=C(CCCC(=O)NCc1ccc([C@H]2O[C@@H](CSc3nc4ccccc4s3)C[C@@H](c3ccc(CO)cc3)O2)cc1)NO. The lowest BCUT2D eigenvalue weighted by molar-refractivity contribution is -0.245. The zero-order valence-corrected chi connectivity index (χ0v) is 24.5. The van der Waals surface area contributed by atoms with Gasteiger partial charge in [0.15, 0.2) is 10.6 Å². The second-order valence-corrected chi connectivity index (χ2v) is 12.3. The van der Waals surface area contributed by atoms with Gasteiger partial charge in [-0.2, -0.15) is 0 Å². The molecule has 2 amide bonds. The lowest BCUT2D eigenvalue weighted by atomic mass is 10.0. The number of hydrogen-bond acceptors (Lipinski definition) is 9. The molecule has 1 aromatic heterocycles. The molecule has 11 heteroatoms. The molecule has 0 bridgehead atoms. The zero-order valence-electron chi connectivity index (χ0n) is 22.9. The van der Waals surface area contributed by atoms with Crippen molar-refractivity contribution in [3.63, 3.8) is 0 Å². The van der Waals surface area contributed by atoms with Gasteiger partial charge in [0.05, 0.1) is 29.0 Å². The van der Waals surface area contributed by atoms with Crippen LogP contribution < -0.4 is 10.8 Å². The quantitative estimate of drug-likeness (QED) is 0.0955. The van der Waals surface area contributed by atoms with E-state index in [2.05, 4.69) is 11.4 Å². The first kappa shape index (κ1) is 30.1. The number of ether oxygens (including phenoxy) is 2. The Hall–Kier alpha value is -3.32. The lowest BCUT2D eigenvalue weighted by Gasteiger charge is -2.36. The monoisotopic (exact) mass is 607 g/mol. The van der Waals surface area contributed by atoms with E-state index < -0.39 is 12.2 Å². The summed E-state index contributed by atoms with van der Waals surface area (Å²) in [7, 11) is 0. The molecule has 0 unspecified atom stereocenters. The molecule has 3 atom stereocenters. The Morgan fingerprint density at radius 3 is 2.38 bits per heavy atom. The maximum Gasteiger partial charge on any atom is 0.243 e. The summed E-state index contributed by atoms with van der Waals surface area (Å²) < 4.78 is 15.1. The first-order chi connectivity index (χ1) is 20.5. The molecule has 1 fully saturated rings. The van der Waals surface area contributed by atoms with Crippen molar-refractivity contribution in [1.29, 1.82) is 0 Å². The van der Waals surface area contributed by atoms with Crippen LogP contribution in [0.4, 0.5) is 0 Å². The number of fused-ring (bicyclic) bond motifs is 1. The van der Waals surface area contributed by atoms with Crippen LogP contribution in [-0.4, -0.2) is 39.0 Å². The van der Waals surface area contributed by atoms with Crippen molar-refractivity contribution >= 4 is 45.1 Å². The van der Waals surface area contributed by atoms with Crippen LogP contribution in [0.5, 0.6) is 0 Å². The second-order valence-electron chi connectivity index (χ2n) is 10.0. The van der Waals surface area contributed by atoms with E-state index in [1.165, 1.54) is 0 Å². The normalized spacial score (nSPS) is 18.6. The maximum absolute atomic E-state index is 12.1. The number of hydroxylamine groups is 1. The Balaban J connectivity index is 1.23. The van der Waals surface area contributed by atoms with Gasteiger partial charge >= 0.3 is 0 Å². The highest BCUT2D eigenvalue weighted by molar-refractivity contribution is 8.01. The van der Waals surface area contributed by atoms with Gasteiger partial charge in [0.1, 0.15) is 0 Å². The molecule has 4 N–H and O–H groups in total. The minimum Gasteiger partial charge on any atom is -0.392 e. The molecular formula is C31H33N3O6S2. The average molecular weight is 608 g/mol. The second kappa shape index (κ2) is 14.7. The summed E-state index contributed by atoms with van der Waals surface area (Å²) in [5, 5.41) is 20.9. The van der Waals surface area contributed by atoms with Gasteiger partial charge in [-0.05, 0) is 35.2 Å². The molecule has 1 aliphatic heterocycles. The molecular weight excluding hydrogens is 574 g/mol. The molecule has 0 saturated carbocycles. The lowest BCUT2D eigenvalue weighted by Crippen LogP contribution is -2.31. The van der Waals surface area contributed by atoms with Crippen molar-refractivity contribution in [2.24, 2.45) is 0 Å². The summed E-state index contributed by atoms with van der Waals surface area (Å²) in [6, 6.07) is 23.7. The van der Waals surface area contributed by atoms with E-state index >= 15 is 0 Å². The Labute approximate surface area is 252 Å². The predicted molar refractivity (Wildman–Crippen MR) is 161 cm³/mol. The van der Waals surface area contributed by atoms with Crippen molar-refractivity contribution < 1.29 is 29.4 Å². The summed E-state index contributed by atoms with van der Waals surface area (Å²) in [6.45, 7) is 0.353. The molecule has 3 aromatic carbocycles. The highest BCUT2D eigenvalue weighted by Crippen LogP contribution is 2.40. The van der Waals surface area contributed by atoms with E-state index in [1.54, 1.807) is 28.6 Å². The van der Waals surface area contributed by atoms with Crippen molar-refractivity contribution in [3.05, 3.63) is 95.1 Å². The van der Waals surface area contributed by atoms with Gasteiger partial charge in [-0.15, -0.1) is 11.3 Å². The van der Waals surface area contributed by atoms with Crippen LogP contribution >= 0.6 is 23.1 Å². The summed E-state index contributed by atoms with van der Waals surface area (Å²) in [6.07, 6.45) is 0.522. The minimum atomic E-state index is -0.566. The fraction of sp³-hybridized carbons (Fsp3) is 0.323. The Morgan fingerprint density at radius 2 is 1.64 bits per heavy atom. The molecule has 1 aliphatic rings. The van der Waals surface area contributed by atoms with Crippen molar-refractivity contribution in [2.75, 3.05) is 5.75 Å². The van der Waals surface area contributed by atoms with Crippen molar-refractivity contribution in [2.45, 2.75) is 61.7 Å². The van der Waals surface area contributed by atoms with Crippen molar-refractivity contribution in [1.82, 2.24) is 15.8 Å². The number of aliphatic hydroxyl groups excluding tert-OH is 1. The number of rotatable bonds is 12. The van der Waals surface area contributed by atoms with Crippen LogP contribution in [0.1, 0.15) is 60.3 Å². The largest absolute Gasteiger partial charge is 0.392 e. The first-order valence-electron chi connectivity index (χ1n) is 13.8. The third kappa shape index (κ3) is 8.15. The highest BCUT2D eigenvalue weighted by Gasteiger charge is 2.32. The molecule has 9 nitrogen and oxygen atoms in total. The zero-order chi connectivity index (χ0) is 29.3. The van der Waals surface area contributed by atoms with Gasteiger partial charge in [-0.1, -0.05) is 72.4 Å². The van der Waals surface area contributed by atoms with Gasteiger partial charge in [-0.3, -0.25) is 14.8 Å². The topological polar surface area (TPSA) is 130 Å². The van der Waals surface area contributed by atoms with Gasteiger partial charge < -0.3 is 19.9 Å². The molecule has 42 heavy (non-hydrogen) atoms. The number of nitrogens with zero attached hydrogens (tertiary/aromatic N) is 1. The van der Waals surface area contributed by atoms with E-state index in [1.807, 2.05) is 66.7 Å². The molecule has 5 rings (SSSR count). The van der Waals surface area contributed by atoms with Crippen LogP contribution in [-0.2, 0) is 32.2 Å². The molecule has 0 radical (unpaired) electrons. The summed E-state index contributed by atoms with van der Waals surface area (Å²) in [5.41, 5.74) is 6.26. The number of aliphatic hydroxyl groups is 1. The molecule has 0 aliphatic carbocycles. The van der Waals surface area contributed by atoms with Crippen LogP contribution in [0.3, 0.4) is 0 Å².